The third-order valence-corrected chi connectivity index (χ3v) is 5.50. The summed E-state index contributed by atoms with van der Waals surface area (Å²) in [6.45, 7) is 5.80. The van der Waals surface area contributed by atoms with Crippen molar-refractivity contribution >= 4 is 23.9 Å². The molecule has 0 heterocycles. The molecule has 31 heavy (non-hydrogen) atoms. The zero-order chi connectivity index (χ0) is 22.8. The fourth-order valence-electron chi connectivity index (χ4n) is 4.10. The molecule has 2 saturated carbocycles. The van der Waals surface area contributed by atoms with Crippen LogP contribution in [0, 0.1) is 35.5 Å². The van der Waals surface area contributed by atoms with Crippen LogP contribution in [-0.2, 0) is 45.4 Å². The number of carboxylic acids is 4. The van der Waals surface area contributed by atoms with Crippen molar-refractivity contribution in [2.75, 3.05) is 0 Å². The van der Waals surface area contributed by atoms with Crippen LogP contribution in [0.25, 0.3) is 0 Å². The maximum Gasteiger partial charge on any atom is 4.00 e. The summed E-state index contributed by atoms with van der Waals surface area (Å²) in [5.41, 5.74) is 0. The van der Waals surface area contributed by atoms with Crippen LogP contribution >= 0.6 is 0 Å². The van der Waals surface area contributed by atoms with Gasteiger partial charge in [0.1, 0.15) is 0 Å². The molecule has 6 atom stereocenters. The van der Waals surface area contributed by atoms with Crippen molar-refractivity contribution < 1.29 is 65.8 Å². The average molecular weight is 508 g/mol. The summed E-state index contributed by atoms with van der Waals surface area (Å²) in [6.07, 6.45) is 13.4. The molecule has 164 valence electrons. The molecule has 0 spiro atoms. The topological polar surface area (TPSA) is 161 Å². The number of rotatable bonds is 4. The van der Waals surface area contributed by atoms with E-state index in [9.17, 15) is 19.8 Å². The number of hydrogen-bond donors (Lipinski definition) is 0. The number of aliphatic carboxylic acids is 4. The van der Waals surface area contributed by atoms with Crippen molar-refractivity contribution in [2.45, 2.75) is 25.7 Å². The predicted octanol–water partition coefficient (Wildman–Crippen LogP) is -2.26. The summed E-state index contributed by atoms with van der Waals surface area (Å²) >= 11 is 0. The first-order valence-electron chi connectivity index (χ1n) is 9.54. The summed E-state index contributed by atoms with van der Waals surface area (Å²) in [7, 11) is 0. The number of fused-ring (bicyclic) bond motifs is 4. The second-order valence-electron chi connectivity index (χ2n) is 7.46. The van der Waals surface area contributed by atoms with Gasteiger partial charge in [-0.05, 0) is 61.5 Å². The Balaban J connectivity index is 0.000000407. The third-order valence-electron chi connectivity index (χ3n) is 5.50. The largest absolute Gasteiger partial charge is 4.00 e. The molecule has 0 aromatic heterocycles. The van der Waals surface area contributed by atoms with Crippen molar-refractivity contribution in [3.05, 3.63) is 49.6 Å². The smallest absolute Gasteiger partial charge is 0.550 e. The Morgan fingerprint density at radius 2 is 0.935 bits per heavy atom. The molecule has 0 saturated heterocycles. The molecule has 0 N–H and O–H groups in total. The Bertz CT molecular complexity index is 680. The second kappa shape index (κ2) is 13.9. The van der Waals surface area contributed by atoms with Crippen molar-refractivity contribution in [1.82, 2.24) is 0 Å². The van der Waals surface area contributed by atoms with E-state index in [1.807, 2.05) is 12.2 Å². The van der Waals surface area contributed by atoms with Gasteiger partial charge in [0.25, 0.3) is 0 Å². The molecule has 2 fully saturated rings. The van der Waals surface area contributed by atoms with Crippen molar-refractivity contribution in [3.63, 3.8) is 0 Å². The number of carbonyl (C=O) groups is 4. The maximum absolute atomic E-state index is 10.4. The molecule has 0 aromatic rings. The molecule has 8 nitrogen and oxygen atoms in total. The number of hydrogen-bond acceptors (Lipinski definition) is 8. The Morgan fingerprint density at radius 1 is 0.645 bits per heavy atom. The Labute approximate surface area is 200 Å². The second-order valence-corrected chi connectivity index (χ2v) is 7.46. The minimum atomic E-state index is -1.23. The number of allylic oxidation sites excluding steroid dienone is 4. The van der Waals surface area contributed by atoms with Gasteiger partial charge in [-0.1, -0.05) is 37.5 Å². The number of carboxylic acid groups (broad SMARTS) is 4. The Morgan fingerprint density at radius 3 is 1.03 bits per heavy atom. The van der Waals surface area contributed by atoms with Gasteiger partial charge in [0.05, 0.1) is 11.9 Å². The van der Waals surface area contributed by atoms with Gasteiger partial charge in [-0.3, -0.25) is 0 Å². The van der Waals surface area contributed by atoms with Crippen molar-refractivity contribution in [1.29, 1.82) is 0 Å². The predicted molar refractivity (Wildman–Crippen MR) is 98.1 cm³/mol. The van der Waals surface area contributed by atoms with E-state index < -0.39 is 23.9 Å². The standard InChI is InChI=1S/2C8H10O2.2C3H4O2.Zr/c2*9-8(10)7-4-5-1-2-6(7)3-5;2*1-2-3(4)5;/h2*1-2,5-7H,3-4H2,(H,9,10);2*2H,1H2,(H,4,5);/q;;;;+4/p-4. The molecular weight excluding hydrogens is 483 g/mol. The minimum Gasteiger partial charge on any atom is -0.550 e. The molecule has 0 aliphatic heterocycles. The SMILES string of the molecule is C=CC(=O)[O-].C=CC(=O)[O-].O=C([O-])C1CC2C=CC1C2.O=C([O-])C1CC2C=CC1C2.[Zr+4]. The molecule has 4 aliphatic carbocycles. The Hall–Kier alpha value is -2.28. The van der Waals surface area contributed by atoms with Gasteiger partial charge in [-0.25, -0.2) is 0 Å². The molecule has 4 bridgehead atoms. The quantitative estimate of drug-likeness (QED) is 0.304. The van der Waals surface area contributed by atoms with Crippen LogP contribution in [0.5, 0.6) is 0 Å². The third kappa shape index (κ3) is 9.60. The van der Waals surface area contributed by atoms with Crippen LogP contribution < -0.4 is 20.4 Å². The first kappa shape index (κ1) is 28.7. The zero-order valence-corrected chi connectivity index (χ0v) is 19.4. The van der Waals surface area contributed by atoms with E-state index in [0.717, 1.165) is 37.8 Å². The number of carbonyl (C=O) groups excluding carboxylic acids is 4. The molecule has 6 unspecified atom stereocenters. The maximum atomic E-state index is 10.4. The minimum absolute atomic E-state index is 0. The van der Waals surface area contributed by atoms with Crippen molar-refractivity contribution in [3.8, 4) is 0 Å². The van der Waals surface area contributed by atoms with Crippen LogP contribution in [0.15, 0.2) is 49.6 Å². The normalized spacial score (nSPS) is 29.5. The fourth-order valence-corrected chi connectivity index (χ4v) is 4.10. The van der Waals surface area contributed by atoms with Gasteiger partial charge in [0.2, 0.25) is 0 Å². The monoisotopic (exact) mass is 506 g/mol. The summed E-state index contributed by atoms with van der Waals surface area (Å²) in [4.78, 5) is 39.2. The molecule has 4 rings (SSSR count). The summed E-state index contributed by atoms with van der Waals surface area (Å²) in [5.74, 6) is -2.92. The van der Waals surface area contributed by atoms with Gasteiger partial charge < -0.3 is 39.6 Å². The van der Waals surface area contributed by atoms with Crippen LogP contribution in [0.3, 0.4) is 0 Å². The summed E-state index contributed by atoms with van der Waals surface area (Å²) in [6, 6.07) is 0. The molecule has 0 aromatic carbocycles. The van der Waals surface area contributed by atoms with E-state index in [1.54, 1.807) is 0 Å². The zero-order valence-electron chi connectivity index (χ0n) is 16.9. The van der Waals surface area contributed by atoms with Gasteiger partial charge in [-0.15, -0.1) is 0 Å². The molecule has 9 heteroatoms. The van der Waals surface area contributed by atoms with E-state index in [1.165, 1.54) is 0 Å². The first-order chi connectivity index (χ1) is 14.1. The van der Waals surface area contributed by atoms with E-state index in [-0.39, 0.29) is 49.9 Å². The molecular formula is C22H24O8Zr. The average Bonchev–Trinajstić information content (AvgIpc) is 3.50. The summed E-state index contributed by atoms with van der Waals surface area (Å²) < 4.78 is 0. The first-order valence-corrected chi connectivity index (χ1v) is 9.54. The molecule has 0 amide bonds. The summed E-state index contributed by atoms with van der Waals surface area (Å²) in [5, 5.41) is 39.2. The van der Waals surface area contributed by atoms with Gasteiger partial charge in [-0.2, -0.15) is 0 Å². The molecule has 4 aliphatic rings. The van der Waals surface area contributed by atoms with Gasteiger partial charge >= 0.3 is 26.2 Å². The van der Waals surface area contributed by atoms with E-state index in [2.05, 4.69) is 25.3 Å². The van der Waals surface area contributed by atoms with E-state index >= 15 is 0 Å². The van der Waals surface area contributed by atoms with Crippen LogP contribution in [0.2, 0.25) is 0 Å². The fraction of sp³-hybridized carbons (Fsp3) is 0.455. The van der Waals surface area contributed by atoms with Crippen LogP contribution in [0.1, 0.15) is 25.7 Å². The Kier molecular flexibility index (Phi) is 12.9. The van der Waals surface area contributed by atoms with Crippen LogP contribution in [-0.4, -0.2) is 23.9 Å². The van der Waals surface area contributed by atoms with Crippen LogP contribution in [0.4, 0.5) is 0 Å². The van der Waals surface area contributed by atoms with Gasteiger partial charge in [0, 0.05) is 23.8 Å². The van der Waals surface area contributed by atoms with E-state index in [0.29, 0.717) is 11.8 Å². The van der Waals surface area contributed by atoms with Gasteiger partial charge in [0.15, 0.2) is 0 Å². The molecule has 0 radical (unpaired) electrons. The van der Waals surface area contributed by atoms with E-state index in [4.69, 9.17) is 19.8 Å². The van der Waals surface area contributed by atoms with Crippen molar-refractivity contribution in [2.24, 2.45) is 35.5 Å².